The van der Waals surface area contributed by atoms with Crippen LogP contribution in [0.4, 0.5) is 0 Å². The highest BCUT2D eigenvalue weighted by Crippen LogP contribution is 2.50. The Morgan fingerprint density at radius 3 is 2.62 bits per heavy atom. The molecule has 29 heavy (non-hydrogen) atoms. The number of rotatable bonds is 3. The lowest BCUT2D eigenvalue weighted by Gasteiger charge is -2.29. The summed E-state index contributed by atoms with van der Waals surface area (Å²) < 4.78 is 0.765. The van der Waals surface area contributed by atoms with Crippen molar-refractivity contribution in [1.29, 1.82) is 0 Å². The molecule has 3 heterocycles. The maximum atomic E-state index is 13.0. The standard InChI is InChI=1S/C22H25BrN4O2/c1-12-10-27(22(29)16-6-13-2-3-14(13)7-16)11-19(12)26-21(28)18-5-4-15-8-24-9-17(23)20(15)25-18/h4-5,8-9,12-14,16,19H,2-3,6-7,10-11H2,1H3,(H,26,28)/t12-,13-,14+,16?,19+/m1/s1. The molecule has 0 spiro atoms. The Balaban J connectivity index is 1.25. The summed E-state index contributed by atoms with van der Waals surface area (Å²) in [5.74, 6) is 2.10. The van der Waals surface area contributed by atoms with Crippen LogP contribution in [0.3, 0.4) is 0 Å². The molecule has 1 saturated heterocycles. The van der Waals surface area contributed by atoms with Crippen LogP contribution in [0.1, 0.15) is 43.1 Å². The molecular weight excluding hydrogens is 432 g/mol. The molecule has 5 rings (SSSR count). The van der Waals surface area contributed by atoms with E-state index in [2.05, 4.69) is 38.1 Å². The Labute approximate surface area is 178 Å². The molecule has 2 aromatic rings. The predicted molar refractivity (Wildman–Crippen MR) is 113 cm³/mol. The van der Waals surface area contributed by atoms with Crippen LogP contribution in [0.2, 0.25) is 0 Å². The van der Waals surface area contributed by atoms with E-state index in [0.717, 1.165) is 46.6 Å². The zero-order chi connectivity index (χ0) is 20.1. The Morgan fingerprint density at radius 1 is 1.14 bits per heavy atom. The SMILES string of the molecule is C[C@@H]1CN(C(=O)C2C[C@H]3CC[C@H]3C2)C[C@@H]1NC(=O)c1ccc2cncc(Br)c2n1. The number of carbonyl (C=O) groups is 2. The van der Waals surface area contributed by atoms with Gasteiger partial charge in [0.25, 0.3) is 5.91 Å². The predicted octanol–water partition coefficient (Wildman–Crippen LogP) is 3.41. The second-order valence-electron chi connectivity index (χ2n) is 8.96. The maximum Gasteiger partial charge on any atom is 0.270 e. The van der Waals surface area contributed by atoms with Gasteiger partial charge in [-0.15, -0.1) is 0 Å². The second-order valence-corrected chi connectivity index (χ2v) is 9.81. The summed E-state index contributed by atoms with van der Waals surface area (Å²) in [5.41, 5.74) is 1.11. The van der Waals surface area contributed by atoms with Crippen molar-refractivity contribution >= 4 is 38.6 Å². The van der Waals surface area contributed by atoms with E-state index in [-0.39, 0.29) is 23.8 Å². The second kappa shape index (κ2) is 7.35. The number of likely N-dealkylation sites (tertiary alicyclic amines) is 1. The third-order valence-electron chi connectivity index (χ3n) is 7.13. The molecule has 0 aromatic carbocycles. The molecule has 3 fully saturated rings. The van der Waals surface area contributed by atoms with Gasteiger partial charge in [-0.25, -0.2) is 4.98 Å². The number of hydrogen-bond acceptors (Lipinski definition) is 4. The fourth-order valence-corrected chi connectivity index (χ4v) is 5.69. The van der Waals surface area contributed by atoms with Gasteiger partial charge in [0.2, 0.25) is 5.91 Å². The van der Waals surface area contributed by atoms with Crippen molar-refractivity contribution in [3.8, 4) is 0 Å². The fraction of sp³-hybridized carbons (Fsp3) is 0.545. The van der Waals surface area contributed by atoms with Gasteiger partial charge in [0, 0.05) is 36.8 Å². The van der Waals surface area contributed by atoms with Crippen LogP contribution < -0.4 is 5.32 Å². The van der Waals surface area contributed by atoms with Crippen LogP contribution in [0, 0.1) is 23.7 Å². The molecule has 2 saturated carbocycles. The van der Waals surface area contributed by atoms with Gasteiger partial charge in [0.1, 0.15) is 5.69 Å². The minimum absolute atomic E-state index is 0.0389. The molecule has 5 atom stereocenters. The summed E-state index contributed by atoms with van der Waals surface area (Å²) in [6, 6.07) is 3.54. The number of fused-ring (bicyclic) bond motifs is 2. The van der Waals surface area contributed by atoms with E-state index in [4.69, 9.17) is 0 Å². The first-order valence-corrected chi connectivity index (χ1v) is 11.3. The topological polar surface area (TPSA) is 75.2 Å². The van der Waals surface area contributed by atoms with Crippen LogP contribution in [-0.2, 0) is 4.79 Å². The minimum Gasteiger partial charge on any atom is -0.346 e. The zero-order valence-corrected chi connectivity index (χ0v) is 18.1. The number of carbonyl (C=O) groups excluding carboxylic acids is 2. The summed E-state index contributed by atoms with van der Waals surface area (Å²) in [4.78, 5) is 36.4. The highest BCUT2D eigenvalue weighted by Gasteiger charge is 2.45. The molecule has 1 aliphatic heterocycles. The number of pyridine rings is 2. The van der Waals surface area contributed by atoms with Crippen molar-refractivity contribution in [2.24, 2.45) is 23.7 Å². The van der Waals surface area contributed by atoms with Crippen molar-refractivity contribution in [2.45, 2.75) is 38.6 Å². The van der Waals surface area contributed by atoms with Crippen LogP contribution in [-0.4, -0.2) is 45.8 Å². The van der Waals surface area contributed by atoms with E-state index in [1.165, 1.54) is 12.8 Å². The molecule has 3 aliphatic rings. The number of halogens is 1. The summed E-state index contributed by atoms with van der Waals surface area (Å²) in [5, 5.41) is 3.99. The monoisotopic (exact) mass is 456 g/mol. The third-order valence-corrected chi connectivity index (χ3v) is 7.71. The van der Waals surface area contributed by atoms with Gasteiger partial charge >= 0.3 is 0 Å². The molecule has 6 nitrogen and oxygen atoms in total. The summed E-state index contributed by atoms with van der Waals surface area (Å²) >= 11 is 3.45. The molecule has 1 N–H and O–H groups in total. The van der Waals surface area contributed by atoms with E-state index < -0.39 is 0 Å². The summed E-state index contributed by atoms with van der Waals surface area (Å²) in [6.45, 7) is 3.42. The van der Waals surface area contributed by atoms with Crippen LogP contribution >= 0.6 is 15.9 Å². The number of nitrogens with one attached hydrogen (secondary N) is 1. The van der Waals surface area contributed by atoms with Crippen molar-refractivity contribution in [1.82, 2.24) is 20.2 Å². The molecule has 1 unspecified atom stereocenters. The van der Waals surface area contributed by atoms with Crippen molar-refractivity contribution in [3.63, 3.8) is 0 Å². The molecular formula is C22H25BrN4O2. The first kappa shape index (κ1) is 19.0. The van der Waals surface area contributed by atoms with E-state index >= 15 is 0 Å². The van der Waals surface area contributed by atoms with E-state index in [0.29, 0.717) is 18.1 Å². The third kappa shape index (κ3) is 3.43. The van der Waals surface area contributed by atoms with E-state index in [1.807, 2.05) is 11.0 Å². The van der Waals surface area contributed by atoms with Gasteiger partial charge in [-0.1, -0.05) is 6.92 Å². The Bertz CT molecular complexity index is 968. The van der Waals surface area contributed by atoms with E-state index in [9.17, 15) is 9.59 Å². The minimum atomic E-state index is -0.194. The molecule has 152 valence electrons. The van der Waals surface area contributed by atoms with Crippen molar-refractivity contribution < 1.29 is 9.59 Å². The van der Waals surface area contributed by atoms with Gasteiger partial charge in [-0.05, 0) is 71.5 Å². The maximum absolute atomic E-state index is 13.0. The van der Waals surface area contributed by atoms with Crippen molar-refractivity contribution in [3.05, 3.63) is 34.7 Å². The summed E-state index contributed by atoms with van der Waals surface area (Å²) in [6.07, 6.45) is 8.14. The lowest BCUT2D eigenvalue weighted by Crippen LogP contribution is -2.41. The Kier molecular flexibility index (Phi) is 4.81. The van der Waals surface area contributed by atoms with Crippen LogP contribution in [0.25, 0.3) is 10.9 Å². The average Bonchev–Trinajstić information content (AvgIpc) is 3.21. The van der Waals surface area contributed by atoms with Gasteiger partial charge in [0.05, 0.1) is 16.0 Å². The largest absolute Gasteiger partial charge is 0.346 e. The molecule has 0 bridgehead atoms. The van der Waals surface area contributed by atoms with Crippen LogP contribution in [0.5, 0.6) is 0 Å². The molecule has 2 aliphatic carbocycles. The molecule has 2 amide bonds. The number of aromatic nitrogens is 2. The smallest absolute Gasteiger partial charge is 0.270 e. The quantitative estimate of drug-likeness (QED) is 0.767. The number of nitrogens with zero attached hydrogens (tertiary/aromatic N) is 3. The lowest BCUT2D eigenvalue weighted by atomic mass is 9.77. The highest BCUT2D eigenvalue weighted by molar-refractivity contribution is 9.10. The lowest BCUT2D eigenvalue weighted by molar-refractivity contribution is -0.134. The molecule has 7 heteroatoms. The average molecular weight is 457 g/mol. The number of amides is 2. The van der Waals surface area contributed by atoms with Gasteiger partial charge < -0.3 is 10.2 Å². The van der Waals surface area contributed by atoms with Gasteiger partial charge in [0.15, 0.2) is 0 Å². The first-order chi connectivity index (χ1) is 14.0. The zero-order valence-electron chi connectivity index (χ0n) is 16.5. The fourth-order valence-electron chi connectivity index (χ4n) is 5.26. The Morgan fingerprint density at radius 2 is 1.90 bits per heavy atom. The van der Waals surface area contributed by atoms with Crippen LogP contribution in [0.15, 0.2) is 29.0 Å². The normalized spacial score (nSPS) is 30.8. The molecule has 0 radical (unpaired) electrons. The summed E-state index contributed by atoms with van der Waals surface area (Å²) in [7, 11) is 0. The van der Waals surface area contributed by atoms with E-state index in [1.54, 1.807) is 18.5 Å². The number of hydrogen-bond donors (Lipinski definition) is 1. The van der Waals surface area contributed by atoms with Gasteiger partial charge in [-0.2, -0.15) is 0 Å². The highest BCUT2D eigenvalue weighted by atomic mass is 79.9. The Hall–Kier alpha value is -2.02. The van der Waals surface area contributed by atoms with Gasteiger partial charge in [-0.3, -0.25) is 14.6 Å². The van der Waals surface area contributed by atoms with Crippen molar-refractivity contribution in [2.75, 3.05) is 13.1 Å². The molecule has 2 aromatic heterocycles. The first-order valence-electron chi connectivity index (χ1n) is 10.5.